The summed E-state index contributed by atoms with van der Waals surface area (Å²) in [6, 6.07) is 4.21. The molecule has 3 rings (SSSR count). The summed E-state index contributed by atoms with van der Waals surface area (Å²) >= 11 is 3.59. The van der Waals surface area contributed by atoms with Crippen LogP contribution in [0, 0.1) is 0 Å². The normalized spacial score (nSPS) is 20.9. The Kier molecular flexibility index (Phi) is 3.95. The molecule has 110 valence electrons. The zero-order valence-electron chi connectivity index (χ0n) is 12.0. The average molecular weight is 340 g/mol. The van der Waals surface area contributed by atoms with Gasteiger partial charge in [-0.25, -0.2) is 0 Å². The number of methoxy groups -OCH3 is 1. The van der Waals surface area contributed by atoms with Crippen molar-refractivity contribution in [3.05, 3.63) is 22.2 Å². The van der Waals surface area contributed by atoms with Crippen LogP contribution < -0.4 is 15.2 Å². The van der Waals surface area contributed by atoms with Gasteiger partial charge in [-0.2, -0.15) is 0 Å². The third-order valence-electron chi connectivity index (χ3n) is 4.32. The minimum absolute atomic E-state index is 0.0126. The van der Waals surface area contributed by atoms with Gasteiger partial charge in [-0.15, -0.1) is 0 Å². The van der Waals surface area contributed by atoms with E-state index in [9.17, 15) is 0 Å². The van der Waals surface area contributed by atoms with Gasteiger partial charge in [0.1, 0.15) is 0 Å². The highest BCUT2D eigenvalue weighted by molar-refractivity contribution is 9.10. The number of ether oxygens (including phenoxy) is 2. The van der Waals surface area contributed by atoms with Crippen LogP contribution in [-0.2, 0) is 6.42 Å². The van der Waals surface area contributed by atoms with Gasteiger partial charge in [-0.1, -0.05) is 0 Å². The lowest BCUT2D eigenvalue weighted by atomic mass is 10.0. The summed E-state index contributed by atoms with van der Waals surface area (Å²) in [6.07, 6.45) is 8.30. The molecule has 20 heavy (non-hydrogen) atoms. The number of hydrogen-bond donors (Lipinski definition) is 1. The van der Waals surface area contributed by atoms with Crippen molar-refractivity contribution < 1.29 is 9.47 Å². The Labute approximate surface area is 129 Å². The van der Waals surface area contributed by atoms with Crippen LogP contribution in [0.25, 0.3) is 0 Å². The molecule has 0 unspecified atom stereocenters. The lowest BCUT2D eigenvalue weighted by molar-refractivity contribution is 0.200. The molecule has 1 aromatic carbocycles. The monoisotopic (exact) mass is 339 g/mol. The van der Waals surface area contributed by atoms with Crippen LogP contribution >= 0.6 is 15.9 Å². The third-order valence-corrected chi connectivity index (χ3v) is 4.91. The van der Waals surface area contributed by atoms with E-state index in [0.29, 0.717) is 6.10 Å². The van der Waals surface area contributed by atoms with E-state index in [1.165, 1.54) is 18.4 Å². The molecule has 2 aliphatic rings. The van der Waals surface area contributed by atoms with Gasteiger partial charge in [0.15, 0.2) is 11.5 Å². The van der Waals surface area contributed by atoms with Crippen molar-refractivity contribution in [3.8, 4) is 11.5 Å². The van der Waals surface area contributed by atoms with Crippen LogP contribution in [0.1, 0.15) is 44.1 Å². The number of benzene rings is 1. The van der Waals surface area contributed by atoms with Crippen molar-refractivity contribution in [2.75, 3.05) is 7.11 Å². The molecule has 0 aliphatic heterocycles. The molecule has 1 aromatic rings. The van der Waals surface area contributed by atoms with Gasteiger partial charge in [0.25, 0.3) is 0 Å². The van der Waals surface area contributed by atoms with Crippen LogP contribution in [0.3, 0.4) is 0 Å². The molecule has 2 aliphatic carbocycles. The zero-order valence-corrected chi connectivity index (χ0v) is 13.5. The number of rotatable bonds is 5. The molecule has 0 bridgehead atoms. The van der Waals surface area contributed by atoms with Crippen molar-refractivity contribution in [1.82, 2.24) is 0 Å². The summed E-state index contributed by atoms with van der Waals surface area (Å²) in [5, 5.41) is 0. The third kappa shape index (κ3) is 3.12. The molecule has 2 N–H and O–H groups in total. The van der Waals surface area contributed by atoms with E-state index in [0.717, 1.165) is 48.1 Å². The smallest absolute Gasteiger partial charge is 0.174 e. The van der Waals surface area contributed by atoms with E-state index in [-0.39, 0.29) is 5.54 Å². The van der Waals surface area contributed by atoms with Crippen molar-refractivity contribution in [3.63, 3.8) is 0 Å². The Bertz CT molecular complexity index is 493. The van der Waals surface area contributed by atoms with E-state index < -0.39 is 0 Å². The lowest BCUT2D eigenvalue weighted by Crippen LogP contribution is -2.24. The highest BCUT2D eigenvalue weighted by Gasteiger charge is 2.38. The van der Waals surface area contributed by atoms with Gasteiger partial charge in [0, 0.05) is 5.54 Å². The van der Waals surface area contributed by atoms with Crippen LogP contribution in [0.2, 0.25) is 0 Å². The molecular weight excluding hydrogens is 318 g/mol. The zero-order chi connectivity index (χ0) is 14.2. The molecule has 0 radical (unpaired) electrons. The topological polar surface area (TPSA) is 44.5 Å². The molecule has 0 spiro atoms. The van der Waals surface area contributed by atoms with Crippen molar-refractivity contribution >= 4 is 15.9 Å². The van der Waals surface area contributed by atoms with Gasteiger partial charge in [0.2, 0.25) is 0 Å². The second kappa shape index (κ2) is 5.57. The van der Waals surface area contributed by atoms with E-state index in [1.807, 2.05) is 0 Å². The summed E-state index contributed by atoms with van der Waals surface area (Å²) in [4.78, 5) is 0. The highest BCUT2D eigenvalue weighted by Crippen LogP contribution is 2.42. The standard InChI is InChI=1S/C16H22BrNO2/c1-19-15-13(17)8-11(10-16(18)6-7-16)9-14(15)20-12-4-2-3-5-12/h8-9,12H,2-7,10,18H2,1H3. The summed E-state index contributed by atoms with van der Waals surface area (Å²) < 4.78 is 12.6. The SMILES string of the molecule is COc1c(Br)cc(CC2(N)CC2)cc1OC1CCCC1. The van der Waals surface area contributed by atoms with Crippen LogP contribution in [-0.4, -0.2) is 18.8 Å². The highest BCUT2D eigenvalue weighted by atomic mass is 79.9. The molecule has 3 nitrogen and oxygen atoms in total. The fourth-order valence-corrected chi connectivity index (χ4v) is 3.59. The second-order valence-electron chi connectivity index (χ2n) is 6.17. The van der Waals surface area contributed by atoms with Crippen LogP contribution in [0.4, 0.5) is 0 Å². The summed E-state index contributed by atoms with van der Waals surface area (Å²) in [6.45, 7) is 0. The second-order valence-corrected chi connectivity index (χ2v) is 7.03. The average Bonchev–Trinajstić information content (AvgIpc) is 2.89. The van der Waals surface area contributed by atoms with E-state index in [1.54, 1.807) is 7.11 Å². The summed E-state index contributed by atoms with van der Waals surface area (Å²) in [7, 11) is 1.69. The van der Waals surface area contributed by atoms with E-state index in [2.05, 4.69) is 28.1 Å². The maximum absolute atomic E-state index is 6.23. The van der Waals surface area contributed by atoms with Crippen molar-refractivity contribution in [2.45, 2.75) is 56.6 Å². The van der Waals surface area contributed by atoms with Gasteiger partial charge in [-0.3, -0.25) is 0 Å². The van der Waals surface area contributed by atoms with Gasteiger partial charge < -0.3 is 15.2 Å². The number of halogens is 1. The van der Waals surface area contributed by atoms with Gasteiger partial charge >= 0.3 is 0 Å². The van der Waals surface area contributed by atoms with E-state index >= 15 is 0 Å². The Balaban J connectivity index is 1.84. The van der Waals surface area contributed by atoms with Crippen molar-refractivity contribution in [2.24, 2.45) is 5.73 Å². The predicted octanol–water partition coefficient (Wildman–Crippen LogP) is 3.81. The molecule has 0 amide bonds. The van der Waals surface area contributed by atoms with Crippen LogP contribution in [0.5, 0.6) is 11.5 Å². The Morgan fingerprint density at radius 2 is 2.00 bits per heavy atom. The molecular formula is C16H22BrNO2. The van der Waals surface area contributed by atoms with Gasteiger partial charge in [0.05, 0.1) is 17.7 Å². The lowest BCUT2D eigenvalue weighted by Gasteiger charge is -2.19. The number of nitrogens with two attached hydrogens (primary N) is 1. The molecule has 0 saturated heterocycles. The maximum atomic E-state index is 6.23. The minimum atomic E-state index is 0.0126. The fourth-order valence-electron chi connectivity index (χ4n) is 2.94. The van der Waals surface area contributed by atoms with Crippen LogP contribution in [0.15, 0.2) is 16.6 Å². The Morgan fingerprint density at radius 3 is 2.60 bits per heavy atom. The minimum Gasteiger partial charge on any atom is -0.492 e. The summed E-state index contributed by atoms with van der Waals surface area (Å²) in [5.41, 5.74) is 7.47. The summed E-state index contributed by atoms with van der Waals surface area (Å²) in [5.74, 6) is 1.65. The molecule has 2 fully saturated rings. The largest absolute Gasteiger partial charge is 0.492 e. The first-order valence-electron chi connectivity index (χ1n) is 7.42. The Hall–Kier alpha value is -0.740. The first-order chi connectivity index (χ1) is 9.59. The molecule has 2 saturated carbocycles. The maximum Gasteiger partial charge on any atom is 0.174 e. The first-order valence-corrected chi connectivity index (χ1v) is 8.21. The molecule has 0 atom stereocenters. The van der Waals surface area contributed by atoms with Gasteiger partial charge in [-0.05, 0) is 78.6 Å². The number of hydrogen-bond acceptors (Lipinski definition) is 3. The van der Waals surface area contributed by atoms with E-state index in [4.69, 9.17) is 15.2 Å². The van der Waals surface area contributed by atoms with Crippen molar-refractivity contribution in [1.29, 1.82) is 0 Å². The Morgan fingerprint density at radius 1 is 1.30 bits per heavy atom. The predicted molar refractivity (Wildman–Crippen MR) is 83.4 cm³/mol. The molecule has 0 aromatic heterocycles. The quantitative estimate of drug-likeness (QED) is 0.886. The molecule has 4 heteroatoms. The fraction of sp³-hybridized carbons (Fsp3) is 0.625. The first kappa shape index (κ1) is 14.2. The molecule has 0 heterocycles.